The summed E-state index contributed by atoms with van der Waals surface area (Å²) in [6, 6.07) is 14.5. The molecule has 1 aromatic carbocycles. The van der Waals surface area contributed by atoms with E-state index in [1.807, 2.05) is 30.3 Å². The quantitative estimate of drug-likeness (QED) is 0.769. The van der Waals surface area contributed by atoms with Crippen molar-refractivity contribution in [3.63, 3.8) is 0 Å². The van der Waals surface area contributed by atoms with Crippen LogP contribution in [-0.2, 0) is 6.54 Å². The van der Waals surface area contributed by atoms with Gasteiger partial charge in [-0.15, -0.1) is 0 Å². The Morgan fingerprint density at radius 3 is 2.76 bits per heavy atom. The van der Waals surface area contributed by atoms with Crippen LogP contribution in [0.2, 0.25) is 0 Å². The van der Waals surface area contributed by atoms with Crippen LogP contribution in [0.3, 0.4) is 0 Å². The Morgan fingerprint density at radius 2 is 2.00 bits per heavy atom. The molecule has 0 fully saturated rings. The van der Waals surface area contributed by atoms with Crippen LogP contribution in [0, 0.1) is 0 Å². The van der Waals surface area contributed by atoms with Crippen LogP contribution in [0.15, 0.2) is 68.1 Å². The molecule has 0 radical (unpaired) electrons. The number of nitrogens with one attached hydrogen (secondary N) is 1. The van der Waals surface area contributed by atoms with Crippen molar-refractivity contribution in [1.82, 2.24) is 5.32 Å². The Hall–Kier alpha value is -2.27. The Balaban J connectivity index is 1.64. The number of hydrogen-bond donors (Lipinski definition) is 1. The zero-order chi connectivity index (χ0) is 14.7. The van der Waals surface area contributed by atoms with Crippen molar-refractivity contribution < 1.29 is 13.6 Å². The van der Waals surface area contributed by atoms with E-state index in [2.05, 4.69) is 21.2 Å². The van der Waals surface area contributed by atoms with Crippen LogP contribution in [0.25, 0.3) is 11.5 Å². The second-order valence-electron chi connectivity index (χ2n) is 4.44. The van der Waals surface area contributed by atoms with Gasteiger partial charge in [0.1, 0.15) is 5.76 Å². The maximum Gasteiger partial charge on any atom is 0.251 e. The summed E-state index contributed by atoms with van der Waals surface area (Å²) in [5, 5.41) is 2.82. The zero-order valence-corrected chi connectivity index (χ0v) is 12.6. The first-order valence-corrected chi connectivity index (χ1v) is 7.18. The molecule has 3 aromatic rings. The fraction of sp³-hybridized carbons (Fsp3) is 0.0625. The molecule has 0 spiro atoms. The molecular formula is C16H12BrNO3. The number of amides is 1. The van der Waals surface area contributed by atoms with Gasteiger partial charge in [0.05, 0.1) is 12.8 Å². The average molecular weight is 346 g/mol. The van der Waals surface area contributed by atoms with Crippen molar-refractivity contribution in [2.24, 2.45) is 0 Å². The number of furan rings is 2. The summed E-state index contributed by atoms with van der Waals surface area (Å²) >= 11 is 3.34. The normalized spacial score (nSPS) is 10.5. The standard InChI is InChI=1S/C16H12BrNO3/c17-12-4-1-3-11(9-12)16(19)18-10-13-6-7-15(21-13)14-5-2-8-20-14/h1-9H,10H2,(H,18,19). The molecule has 106 valence electrons. The van der Waals surface area contributed by atoms with Crippen LogP contribution >= 0.6 is 15.9 Å². The molecule has 5 heteroatoms. The molecule has 3 rings (SSSR count). The lowest BCUT2D eigenvalue weighted by Crippen LogP contribution is -2.22. The van der Waals surface area contributed by atoms with Gasteiger partial charge in [-0.1, -0.05) is 22.0 Å². The third kappa shape index (κ3) is 3.25. The predicted molar refractivity (Wildman–Crippen MR) is 81.7 cm³/mol. The molecule has 21 heavy (non-hydrogen) atoms. The second kappa shape index (κ2) is 6.01. The summed E-state index contributed by atoms with van der Waals surface area (Å²) in [5.41, 5.74) is 0.599. The Kier molecular flexibility index (Phi) is 3.92. The molecule has 0 unspecified atom stereocenters. The highest BCUT2D eigenvalue weighted by atomic mass is 79.9. The van der Waals surface area contributed by atoms with Crippen LogP contribution in [0.5, 0.6) is 0 Å². The maximum absolute atomic E-state index is 12.0. The lowest BCUT2D eigenvalue weighted by molar-refractivity contribution is 0.0948. The molecule has 0 aliphatic heterocycles. The third-order valence-electron chi connectivity index (χ3n) is 2.94. The molecule has 0 bridgehead atoms. The summed E-state index contributed by atoms with van der Waals surface area (Å²) in [6.45, 7) is 0.325. The van der Waals surface area contributed by atoms with Gasteiger partial charge >= 0.3 is 0 Å². The van der Waals surface area contributed by atoms with Gasteiger partial charge in [0.2, 0.25) is 0 Å². The Morgan fingerprint density at radius 1 is 1.10 bits per heavy atom. The molecule has 2 heterocycles. The van der Waals surface area contributed by atoms with E-state index in [-0.39, 0.29) is 5.91 Å². The van der Waals surface area contributed by atoms with Crippen LogP contribution in [0.4, 0.5) is 0 Å². The van der Waals surface area contributed by atoms with Gasteiger partial charge in [-0.3, -0.25) is 4.79 Å². The highest BCUT2D eigenvalue weighted by Crippen LogP contribution is 2.22. The topological polar surface area (TPSA) is 55.4 Å². The molecule has 1 amide bonds. The lowest BCUT2D eigenvalue weighted by atomic mass is 10.2. The van der Waals surface area contributed by atoms with Gasteiger partial charge in [-0.2, -0.15) is 0 Å². The first-order valence-electron chi connectivity index (χ1n) is 6.39. The van der Waals surface area contributed by atoms with E-state index >= 15 is 0 Å². The minimum atomic E-state index is -0.146. The molecular weight excluding hydrogens is 334 g/mol. The molecule has 0 atom stereocenters. The SMILES string of the molecule is O=C(NCc1ccc(-c2ccco2)o1)c1cccc(Br)c1. The van der Waals surface area contributed by atoms with E-state index in [0.717, 1.165) is 4.47 Å². The van der Waals surface area contributed by atoms with E-state index in [4.69, 9.17) is 8.83 Å². The first-order chi connectivity index (χ1) is 10.2. The van der Waals surface area contributed by atoms with Gasteiger partial charge in [0.25, 0.3) is 5.91 Å². The number of benzene rings is 1. The summed E-state index contributed by atoms with van der Waals surface area (Å²) in [6.07, 6.45) is 1.59. The summed E-state index contributed by atoms with van der Waals surface area (Å²) in [4.78, 5) is 12.0. The molecule has 4 nitrogen and oxygen atoms in total. The number of carbonyl (C=O) groups is 1. The largest absolute Gasteiger partial charge is 0.461 e. The molecule has 0 aliphatic carbocycles. The lowest BCUT2D eigenvalue weighted by Gasteiger charge is -2.03. The highest BCUT2D eigenvalue weighted by molar-refractivity contribution is 9.10. The Bertz CT molecular complexity index is 746. The van der Waals surface area contributed by atoms with Crippen molar-refractivity contribution in [2.45, 2.75) is 6.54 Å². The van der Waals surface area contributed by atoms with Crippen molar-refractivity contribution in [3.8, 4) is 11.5 Å². The van der Waals surface area contributed by atoms with Crippen molar-refractivity contribution in [2.75, 3.05) is 0 Å². The monoisotopic (exact) mass is 345 g/mol. The second-order valence-corrected chi connectivity index (χ2v) is 5.35. The summed E-state index contributed by atoms with van der Waals surface area (Å²) < 4.78 is 11.7. The Labute approximate surface area is 129 Å². The number of carbonyl (C=O) groups excluding carboxylic acids is 1. The van der Waals surface area contributed by atoms with Gasteiger partial charge in [0, 0.05) is 10.0 Å². The minimum Gasteiger partial charge on any atom is -0.461 e. The van der Waals surface area contributed by atoms with Crippen molar-refractivity contribution in [3.05, 3.63) is 70.6 Å². The van der Waals surface area contributed by atoms with Crippen LogP contribution < -0.4 is 5.32 Å². The smallest absolute Gasteiger partial charge is 0.251 e. The fourth-order valence-corrected chi connectivity index (χ4v) is 2.32. The van der Waals surface area contributed by atoms with E-state index in [0.29, 0.717) is 29.4 Å². The highest BCUT2D eigenvalue weighted by Gasteiger charge is 2.09. The van der Waals surface area contributed by atoms with Gasteiger partial charge < -0.3 is 14.2 Å². The van der Waals surface area contributed by atoms with Crippen LogP contribution in [-0.4, -0.2) is 5.91 Å². The predicted octanol–water partition coefficient (Wildman–Crippen LogP) is 4.23. The van der Waals surface area contributed by atoms with Gasteiger partial charge in [-0.05, 0) is 42.5 Å². The van der Waals surface area contributed by atoms with E-state index in [1.54, 1.807) is 24.5 Å². The minimum absolute atomic E-state index is 0.146. The summed E-state index contributed by atoms with van der Waals surface area (Å²) in [5.74, 6) is 1.84. The average Bonchev–Trinajstić information content (AvgIpc) is 3.15. The van der Waals surface area contributed by atoms with Gasteiger partial charge in [0.15, 0.2) is 11.5 Å². The third-order valence-corrected chi connectivity index (χ3v) is 3.43. The van der Waals surface area contributed by atoms with Gasteiger partial charge in [-0.25, -0.2) is 0 Å². The molecule has 2 aromatic heterocycles. The first kappa shape index (κ1) is 13.7. The maximum atomic E-state index is 12.0. The van der Waals surface area contributed by atoms with E-state index < -0.39 is 0 Å². The van der Waals surface area contributed by atoms with E-state index in [9.17, 15) is 4.79 Å². The van der Waals surface area contributed by atoms with Crippen molar-refractivity contribution in [1.29, 1.82) is 0 Å². The number of halogens is 1. The molecule has 1 N–H and O–H groups in total. The molecule has 0 saturated heterocycles. The van der Waals surface area contributed by atoms with E-state index in [1.165, 1.54) is 0 Å². The molecule has 0 aliphatic rings. The number of rotatable bonds is 4. The fourth-order valence-electron chi connectivity index (χ4n) is 1.92. The summed E-state index contributed by atoms with van der Waals surface area (Å²) in [7, 11) is 0. The van der Waals surface area contributed by atoms with Crippen molar-refractivity contribution >= 4 is 21.8 Å². The molecule has 0 saturated carbocycles. The number of hydrogen-bond acceptors (Lipinski definition) is 3. The zero-order valence-electron chi connectivity index (χ0n) is 11.0. The van der Waals surface area contributed by atoms with Crippen LogP contribution in [0.1, 0.15) is 16.1 Å².